The van der Waals surface area contributed by atoms with Crippen molar-refractivity contribution in [2.24, 2.45) is 0 Å². The molecule has 1 N–H and O–H groups in total. The molecule has 1 aromatic rings. The number of phenolic OH excluding ortho intramolecular Hbond substituents is 1. The number of hydrogen-bond acceptors (Lipinski definition) is 1. The molecule has 1 aliphatic rings. The van der Waals surface area contributed by atoms with Gasteiger partial charge in [0.1, 0.15) is 0 Å². The molecule has 0 aromatic heterocycles. The van der Waals surface area contributed by atoms with Gasteiger partial charge in [0.2, 0.25) is 0 Å². The molecule has 0 saturated carbocycles. The summed E-state index contributed by atoms with van der Waals surface area (Å²) >= 11 is 0.633. The van der Waals surface area contributed by atoms with Gasteiger partial charge in [-0.05, 0) is 0 Å². The Balaban J connectivity index is 2.48. The van der Waals surface area contributed by atoms with Crippen LogP contribution in [0, 0.1) is 6.92 Å². The number of phenols is 1. The van der Waals surface area contributed by atoms with E-state index in [9.17, 15) is 5.11 Å². The van der Waals surface area contributed by atoms with E-state index < -0.39 is 0 Å². The fraction of sp³-hybridized carbons (Fsp3) is 0.400. The van der Waals surface area contributed by atoms with Crippen LogP contribution in [0.5, 0.6) is 5.75 Å². The topological polar surface area (TPSA) is 20.2 Å². The Bertz CT molecular complexity index is 289. The van der Waals surface area contributed by atoms with Crippen molar-refractivity contribution in [3.63, 3.8) is 0 Å². The Hall–Kier alpha value is -0.461. The number of fused-ring (bicyclic) bond motifs is 1. The minimum absolute atomic E-state index is 0.457. The predicted octanol–water partition coefficient (Wildman–Crippen LogP) is 1.39. The summed E-state index contributed by atoms with van der Waals surface area (Å²) in [5, 5.41) is 9.48. The zero-order valence-electron chi connectivity index (χ0n) is 7.29. The molecular weight excluding hydrogens is 215 g/mol. The fourth-order valence-electron chi connectivity index (χ4n) is 1.55. The SMILES string of the molecule is Cc1cc2c(cc1O)CC(C)[Se]2. The Morgan fingerprint density at radius 1 is 1.50 bits per heavy atom. The van der Waals surface area contributed by atoms with Gasteiger partial charge in [-0.3, -0.25) is 0 Å². The Labute approximate surface area is 79.0 Å². The summed E-state index contributed by atoms with van der Waals surface area (Å²) in [6.45, 7) is 4.25. The second kappa shape index (κ2) is 2.79. The molecule has 1 nitrogen and oxygen atoms in total. The van der Waals surface area contributed by atoms with Crippen molar-refractivity contribution in [2.45, 2.75) is 25.1 Å². The Morgan fingerprint density at radius 2 is 2.25 bits per heavy atom. The maximum atomic E-state index is 9.48. The third-order valence-corrected chi connectivity index (χ3v) is 4.74. The number of hydrogen-bond donors (Lipinski definition) is 1. The average molecular weight is 227 g/mol. The Morgan fingerprint density at radius 3 is 3.00 bits per heavy atom. The molecule has 64 valence electrons. The van der Waals surface area contributed by atoms with Crippen LogP contribution >= 0.6 is 0 Å². The number of aromatic hydroxyl groups is 1. The molecule has 2 heteroatoms. The van der Waals surface area contributed by atoms with Gasteiger partial charge in [-0.2, -0.15) is 0 Å². The quantitative estimate of drug-likeness (QED) is 0.664. The second-order valence-electron chi connectivity index (χ2n) is 3.38. The van der Waals surface area contributed by atoms with Crippen LogP contribution in [0.4, 0.5) is 0 Å². The second-order valence-corrected chi connectivity index (χ2v) is 6.48. The summed E-state index contributed by atoms with van der Waals surface area (Å²) in [7, 11) is 0. The third-order valence-electron chi connectivity index (χ3n) is 2.21. The van der Waals surface area contributed by atoms with E-state index in [2.05, 4.69) is 13.0 Å². The van der Waals surface area contributed by atoms with Crippen LogP contribution in [0.2, 0.25) is 4.82 Å². The van der Waals surface area contributed by atoms with E-state index in [0.29, 0.717) is 20.7 Å². The summed E-state index contributed by atoms with van der Waals surface area (Å²) in [6.07, 6.45) is 1.16. The minimum atomic E-state index is 0.457. The van der Waals surface area contributed by atoms with E-state index in [-0.39, 0.29) is 0 Å². The summed E-state index contributed by atoms with van der Waals surface area (Å²) in [6, 6.07) is 4.09. The van der Waals surface area contributed by atoms with Crippen molar-refractivity contribution >= 4 is 19.4 Å². The van der Waals surface area contributed by atoms with Crippen LogP contribution in [0.25, 0.3) is 0 Å². The standard InChI is InChI=1S/C10H12OSe/c1-6-3-10-8(5-9(6)11)4-7(2)12-10/h3,5,7,11H,4H2,1-2H3. The first-order chi connectivity index (χ1) is 5.66. The molecule has 1 aliphatic heterocycles. The summed E-state index contributed by atoms with van der Waals surface area (Å²) < 4.78 is 1.49. The van der Waals surface area contributed by atoms with Gasteiger partial charge in [-0.1, -0.05) is 0 Å². The molecule has 0 saturated heterocycles. The number of aryl methyl sites for hydroxylation is 1. The molecule has 0 bridgehead atoms. The molecule has 1 unspecified atom stereocenters. The Kier molecular flexibility index (Phi) is 1.90. The zero-order valence-corrected chi connectivity index (χ0v) is 9.01. The van der Waals surface area contributed by atoms with Crippen LogP contribution in [0.3, 0.4) is 0 Å². The first-order valence-corrected chi connectivity index (χ1v) is 6.00. The molecule has 0 aliphatic carbocycles. The van der Waals surface area contributed by atoms with E-state index in [1.54, 1.807) is 0 Å². The summed E-state index contributed by atoms with van der Waals surface area (Å²) in [5.74, 6) is 0.457. The molecule has 1 aromatic carbocycles. The van der Waals surface area contributed by atoms with Crippen molar-refractivity contribution in [3.8, 4) is 5.75 Å². The fourth-order valence-corrected chi connectivity index (χ4v) is 4.14. The van der Waals surface area contributed by atoms with E-state index in [0.717, 1.165) is 16.8 Å². The monoisotopic (exact) mass is 228 g/mol. The van der Waals surface area contributed by atoms with Crippen LogP contribution in [0.1, 0.15) is 18.1 Å². The molecule has 0 fully saturated rings. The number of benzene rings is 1. The van der Waals surface area contributed by atoms with Gasteiger partial charge in [-0.15, -0.1) is 0 Å². The first-order valence-electron chi connectivity index (χ1n) is 4.16. The zero-order chi connectivity index (χ0) is 8.72. The number of rotatable bonds is 0. The van der Waals surface area contributed by atoms with Crippen LogP contribution in [-0.4, -0.2) is 20.1 Å². The van der Waals surface area contributed by atoms with Gasteiger partial charge in [0.25, 0.3) is 0 Å². The molecule has 0 spiro atoms. The van der Waals surface area contributed by atoms with Gasteiger partial charge in [-0.25, -0.2) is 0 Å². The van der Waals surface area contributed by atoms with Gasteiger partial charge >= 0.3 is 78.6 Å². The molecule has 1 atom stereocenters. The van der Waals surface area contributed by atoms with Crippen molar-refractivity contribution in [3.05, 3.63) is 23.3 Å². The molecule has 12 heavy (non-hydrogen) atoms. The summed E-state index contributed by atoms with van der Waals surface area (Å²) in [4.78, 5) is 0.814. The first kappa shape index (κ1) is 8.15. The van der Waals surface area contributed by atoms with E-state index in [1.807, 2.05) is 13.0 Å². The van der Waals surface area contributed by atoms with Crippen molar-refractivity contribution < 1.29 is 5.11 Å². The van der Waals surface area contributed by atoms with Crippen molar-refractivity contribution in [1.29, 1.82) is 0 Å². The molecule has 2 rings (SSSR count). The van der Waals surface area contributed by atoms with E-state index in [4.69, 9.17) is 0 Å². The van der Waals surface area contributed by atoms with Gasteiger partial charge in [0, 0.05) is 0 Å². The van der Waals surface area contributed by atoms with Crippen molar-refractivity contribution in [2.75, 3.05) is 0 Å². The third kappa shape index (κ3) is 1.26. The molecule has 0 radical (unpaired) electrons. The molecule has 0 amide bonds. The van der Waals surface area contributed by atoms with Gasteiger partial charge < -0.3 is 0 Å². The normalized spacial score (nSPS) is 21.0. The maximum absolute atomic E-state index is 9.48. The summed E-state index contributed by atoms with van der Waals surface area (Å²) in [5.41, 5.74) is 2.38. The van der Waals surface area contributed by atoms with E-state index >= 15 is 0 Å². The predicted molar refractivity (Wildman–Crippen MR) is 51.4 cm³/mol. The van der Waals surface area contributed by atoms with Gasteiger partial charge in [0.05, 0.1) is 0 Å². The van der Waals surface area contributed by atoms with Crippen LogP contribution in [0.15, 0.2) is 12.1 Å². The van der Waals surface area contributed by atoms with Crippen LogP contribution in [-0.2, 0) is 6.42 Å². The van der Waals surface area contributed by atoms with Gasteiger partial charge in [0.15, 0.2) is 0 Å². The van der Waals surface area contributed by atoms with E-state index in [1.165, 1.54) is 10.0 Å². The van der Waals surface area contributed by atoms with Crippen molar-refractivity contribution in [1.82, 2.24) is 0 Å². The molecular formula is C10H12OSe. The van der Waals surface area contributed by atoms with Crippen LogP contribution < -0.4 is 4.46 Å². The average Bonchev–Trinajstić information content (AvgIpc) is 2.30. The molecule has 1 heterocycles.